The van der Waals surface area contributed by atoms with Crippen molar-refractivity contribution < 1.29 is 24.0 Å². The molecule has 1 fully saturated rings. The number of hydrogen-bond acceptors (Lipinski definition) is 4. The Bertz CT molecular complexity index is 527. The molecule has 0 radical (unpaired) electrons. The fourth-order valence-corrected chi connectivity index (χ4v) is 2.11. The number of carboxylic acids is 1. The smallest absolute Gasteiger partial charge is 0.307 e. The standard InChI is InChI=1S/C12H12FNO5/c13-9-6-8(2-3-10(9)14(17)18)19-12(4-1-5-12)7-11(15)16/h2-3,6H,1,4-5,7H2,(H,15,16). The lowest BCUT2D eigenvalue weighted by molar-refractivity contribution is -0.387. The number of carbonyl (C=O) groups is 1. The average Bonchev–Trinajstić information content (AvgIpc) is 2.25. The fourth-order valence-electron chi connectivity index (χ4n) is 2.11. The Hall–Kier alpha value is -2.18. The second-order valence-corrected chi connectivity index (χ2v) is 4.58. The first-order valence-electron chi connectivity index (χ1n) is 5.77. The van der Waals surface area contributed by atoms with Crippen LogP contribution in [0.3, 0.4) is 0 Å². The highest BCUT2D eigenvalue weighted by Gasteiger charge is 2.41. The lowest BCUT2D eigenvalue weighted by Crippen LogP contribution is -2.45. The molecular formula is C12H12FNO5. The van der Waals surface area contributed by atoms with Crippen LogP contribution in [0.25, 0.3) is 0 Å². The van der Waals surface area contributed by atoms with Crippen LogP contribution in [0.1, 0.15) is 25.7 Å². The molecule has 2 rings (SSSR count). The SMILES string of the molecule is O=C(O)CC1(Oc2ccc([N+](=O)[O-])c(F)c2)CCC1. The van der Waals surface area contributed by atoms with Crippen LogP contribution in [0.15, 0.2) is 18.2 Å². The van der Waals surface area contributed by atoms with E-state index in [2.05, 4.69) is 0 Å². The summed E-state index contributed by atoms with van der Waals surface area (Å²) in [6.45, 7) is 0. The Morgan fingerprint density at radius 1 is 1.53 bits per heavy atom. The molecule has 1 aromatic carbocycles. The zero-order chi connectivity index (χ0) is 14.0. The first-order valence-corrected chi connectivity index (χ1v) is 5.77. The summed E-state index contributed by atoms with van der Waals surface area (Å²) in [5.74, 6) is -1.86. The third-order valence-electron chi connectivity index (χ3n) is 3.19. The van der Waals surface area contributed by atoms with Gasteiger partial charge in [-0.15, -0.1) is 0 Å². The van der Waals surface area contributed by atoms with Crippen molar-refractivity contribution in [2.75, 3.05) is 0 Å². The lowest BCUT2D eigenvalue weighted by Gasteiger charge is -2.40. The van der Waals surface area contributed by atoms with E-state index in [1.807, 2.05) is 0 Å². The van der Waals surface area contributed by atoms with Crippen LogP contribution in [0.4, 0.5) is 10.1 Å². The van der Waals surface area contributed by atoms with E-state index < -0.39 is 28.0 Å². The summed E-state index contributed by atoms with van der Waals surface area (Å²) in [7, 11) is 0. The Morgan fingerprint density at radius 2 is 2.21 bits per heavy atom. The molecule has 0 aliphatic heterocycles. The number of rotatable bonds is 5. The minimum absolute atomic E-state index is 0.115. The molecule has 0 atom stereocenters. The van der Waals surface area contributed by atoms with Gasteiger partial charge in [0.2, 0.25) is 5.82 Å². The second-order valence-electron chi connectivity index (χ2n) is 4.58. The third kappa shape index (κ3) is 2.81. The molecule has 1 saturated carbocycles. The summed E-state index contributed by atoms with van der Waals surface area (Å²) in [6, 6.07) is 3.21. The molecule has 0 spiro atoms. The maximum atomic E-state index is 13.4. The van der Waals surface area contributed by atoms with E-state index in [0.29, 0.717) is 12.8 Å². The number of carboxylic acid groups (broad SMARTS) is 1. The van der Waals surface area contributed by atoms with Gasteiger partial charge in [-0.25, -0.2) is 0 Å². The van der Waals surface area contributed by atoms with Crippen LogP contribution in [0.2, 0.25) is 0 Å². The molecule has 1 aliphatic carbocycles. The van der Waals surface area contributed by atoms with Crippen molar-refractivity contribution in [2.45, 2.75) is 31.3 Å². The van der Waals surface area contributed by atoms with Gasteiger partial charge in [0.05, 0.1) is 11.3 Å². The van der Waals surface area contributed by atoms with Crippen molar-refractivity contribution in [3.05, 3.63) is 34.1 Å². The van der Waals surface area contributed by atoms with Crippen LogP contribution in [0.5, 0.6) is 5.75 Å². The van der Waals surface area contributed by atoms with Crippen molar-refractivity contribution in [3.63, 3.8) is 0 Å². The number of ether oxygens (including phenoxy) is 1. The quantitative estimate of drug-likeness (QED) is 0.655. The minimum Gasteiger partial charge on any atom is -0.487 e. The van der Waals surface area contributed by atoms with Crippen LogP contribution in [-0.2, 0) is 4.79 Å². The van der Waals surface area contributed by atoms with Crippen molar-refractivity contribution in [2.24, 2.45) is 0 Å². The molecule has 1 aromatic rings. The number of halogens is 1. The van der Waals surface area contributed by atoms with E-state index in [1.165, 1.54) is 6.07 Å². The monoisotopic (exact) mass is 269 g/mol. The molecule has 0 saturated heterocycles. The molecule has 0 unspecified atom stereocenters. The van der Waals surface area contributed by atoms with Gasteiger partial charge in [0.1, 0.15) is 11.4 Å². The van der Waals surface area contributed by atoms with Crippen LogP contribution in [-0.4, -0.2) is 21.6 Å². The summed E-state index contributed by atoms with van der Waals surface area (Å²) < 4.78 is 18.9. The van der Waals surface area contributed by atoms with Gasteiger partial charge in [-0.2, -0.15) is 4.39 Å². The van der Waals surface area contributed by atoms with Gasteiger partial charge in [-0.3, -0.25) is 14.9 Å². The number of nitro benzene ring substituents is 1. The fraction of sp³-hybridized carbons (Fsp3) is 0.417. The summed E-state index contributed by atoms with van der Waals surface area (Å²) in [6.07, 6.45) is 1.85. The van der Waals surface area contributed by atoms with Gasteiger partial charge in [0.25, 0.3) is 0 Å². The first-order chi connectivity index (χ1) is 8.92. The van der Waals surface area contributed by atoms with Crippen LogP contribution < -0.4 is 4.74 Å². The molecule has 0 amide bonds. The van der Waals surface area contributed by atoms with E-state index in [-0.39, 0.29) is 12.2 Å². The third-order valence-corrected chi connectivity index (χ3v) is 3.19. The van der Waals surface area contributed by atoms with Gasteiger partial charge in [0, 0.05) is 12.1 Å². The molecule has 7 heteroatoms. The Labute approximate surface area is 108 Å². The van der Waals surface area contributed by atoms with Crippen molar-refractivity contribution in [1.29, 1.82) is 0 Å². The van der Waals surface area contributed by atoms with Crippen LogP contribution in [0, 0.1) is 15.9 Å². The van der Waals surface area contributed by atoms with Gasteiger partial charge in [-0.05, 0) is 25.3 Å². The van der Waals surface area contributed by atoms with Gasteiger partial charge >= 0.3 is 11.7 Å². The number of nitro groups is 1. The van der Waals surface area contributed by atoms with E-state index in [9.17, 15) is 19.3 Å². The predicted molar refractivity (Wildman–Crippen MR) is 62.5 cm³/mol. The van der Waals surface area contributed by atoms with Crippen molar-refractivity contribution in [3.8, 4) is 5.75 Å². The molecule has 0 heterocycles. The zero-order valence-electron chi connectivity index (χ0n) is 9.97. The first kappa shape index (κ1) is 13.3. The predicted octanol–water partition coefficient (Wildman–Crippen LogP) is 2.51. The molecule has 6 nitrogen and oxygen atoms in total. The Kier molecular flexibility index (Phi) is 3.37. The maximum absolute atomic E-state index is 13.4. The highest BCUT2D eigenvalue weighted by Crippen LogP contribution is 2.40. The maximum Gasteiger partial charge on any atom is 0.307 e. The largest absolute Gasteiger partial charge is 0.487 e. The summed E-state index contributed by atoms with van der Waals surface area (Å²) in [5.41, 5.74) is -1.44. The summed E-state index contributed by atoms with van der Waals surface area (Å²) in [5, 5.41) is 19.3. The lowest BCUT2D eigenvalue weighted by atomic mass is 9.77. The summed E-state index contributed by atoms with van der Waals surface area (Å²) >= 11 is 0. The van der Waals surface area contributed by atoms with Crippen molar-refractivity contribution >= 4 is 11.7 Å². The number of aliphatic carboxylic acids is 1. The van der Waals surface area contributed by atoms with Gasteiger partial charge < -0.3 is 9.84 Å². The number of hydrogen-bond donors (Lipinski definition) is 1. The molecule has 1 N–H and O–H groups in total. The van der Waals surface area contributed by atoms with Crippen molar-refractivity contribution in [1.82, 2.24) is 0 Å². The minimum atomic E-state index is -0.993. The van der Waals surface area contributed by atoms with E-state index in [1.54, 1.807) is 0 Å². The number of benzene rings is 1. The topological polar surface area (TPSA) is 89.7 Å². The van der Waals surface area contributed by atoms with Gasteiger partial charge in [-0.1, -0.05) is 0 Å². The highest BCUT2D eigenvalue weighted by atomic mass is 19.1. The van der Waals surface area contributed by atoms with E-state index >= 15 is 0 Å². The zero-order valence-corrected chi connectivity index (χ0v) is 9.97. The summed E-state index contributed by atoms with van der Waals surface area (Å²) in [4.78, 5) is 20.4. The van der Waals surface area contributed by atoms with Crippen LogP contribution >= 0.6 is 0 Å². The molecule has 102 valence electrons. The molecule has 0 bridgehead atoms. The number of nitrogens with zero attached hydrogens (tertiary/aromatic N) is 1. The molecule has 19 heavy (non-hydrogen) atoms. The second kappa shape index (κ2) is 4.83. The molecule has 0 aromatic heterocycles. The van der Waals surface area contributed by atoms with Gasteiger partial charge in [0.15, 0.2) is 0 Å². The highest BCUT2D eigenvalue weighted by molar-refractivity contribution is 5.68. The Balaban J connectivity index is 2.17. The molecule has 1 aliphatic rings. The molecular weight excluding hydrogens is 257 g/mol. The average molecular weight is 269 g/mol. The Morgan fingerprint density at radius 3 is 2.63 bits per heavy atom. The van der Waals surface area contributed by atoms with E-state index in [4.69, 9.17) is 9.84 Å². The normalized spacial score (nSPS) is 16.5. The van der Waals surface area contributed by atoms with E-state index in [0.717, 1.165) is 18.6 Å².